The number of hydrogen-bond donors (Lipinski definition) is 0. The van der Waals surface area contributed by atoms with Gasteiger partial charge in [0, 0.05) is 16.7 Å². The topological polar surface area (TPSA) is 43.4 Å². The molecule has 0 aromatic heterocycles. The smallest absolute Gasteiger partial charge is 0.264 e. The predicted octanol–water partition coefficient (Wildman–Crippen LogP) is 4.33. The van der Waals surface area contributed by atoms with E-state index in [2.05, 4.69) is 15.9 Å². The summed E-state index contributed by atoms with van der Waals surface area (Å²) in [6.45, 7) is 0.548. The number of benzene rings is 1. The third-order valence-electron chi connectivity index (χ3n) is 4.59. The molecule has 2 aliphatic carbocycles. The molecular weight excluding hydrogens is 383 g/mol. The molecule has 116 valence electrons. The van der Waals surface area contributed by atoms with Gasteiger partial charge in [-0.3, -0.25) is 0 Å². The maximum absolute atomic E-state index is 13.8. The van der Waals surface area contributed by atoms with Crippen molar-refractivity contribution in [2.45, 2.75) is 30.6 Å². The zero-order valence-electron chi connectivity index (χ0n) is 11.2. The molecule has 2 bridgehead atoms. The Bertz CT molecular complexity index is 664. The second-order valence-corrected chi connectivity index (χ2v) is 9.29. The van der Waals surface area contributed by atoms with Crippen LogP contribution in [0.25, 0.3) is 0 Å². The highest BCUT2D eigenvalue weighted by Gasteiger charge is 2.39. The SMILES string of the molecule is O=S(=O)(Cl)c1cc(Br)c(OCC2CC3CCC2C3)cc1F. The van der Waals surface area contributed by atoms with E-state index in [-0.39, 0.29) is 0 Å². The maximum Gasteiger partial charge on any atom is 0.264 e. The Labute approximate surface area is 136 Å². The molecule has 3 atom stereocenters. The van der Waals surface area contributed by atoms with E-state index in [1.54, 1.807) is 0 Å². The molecule has 0 spiro atoms. The van der Waals surface area contributed by atoms with Crippen LogP contribution in [0.3, 0.4) is 0 Å². The van der Waals surface area contributed by atoms with E-state index < -0.39 is 19.8 Å². The van der Waals surface area contributed by atoms with Crippen LogP contribution in [0.15, 0.2) is 21.5 Å². The van der Waals surface area contributed by atoms with Gasteiger partial charge in [-0.05, 0) is 59.0 Å². The summed E-state index contributed by atoms with van der Waals surface area (Å²) < 4.78 is 42.4. The molecule has 0 amide bonds. The maximum atomic E-state index is 13.8. The number of halogens is 3. The largest absolute Gasteiger partial charge is 0.492 e. The van der Waals surface area contributed by atoms with Crippen molar-refractivity contribution in [1.82, 2.24) is 0 Å². The van der Waals surface area contributed by atoms with Crippen LogP contribution in [0.1, 0.15) is 25.7 Å². The first-order valence-electron chi connectivity index (χ1n) is 6.91. The molecule has 3 unspecified atom stereocenters. The highest BCUT2D eigenvalue weighted by molar-refractivity contribution is 9.10. The third-order valence-corrected chi connectivity index (χ3v) is 6.54. The van der Waals surface area contributed by atoms with Gasteiger partial charge in [-0.25, -0.2) is 12.8 Å². The zero-order valence-corrected chi connectivity index (χ0v) is 14.3. The molecule has 7 heteroatoms. The van der Waals surface area contributed by atoms with Crippen LogP contribution in [-0.2, 0) is 9.05 Å². The second kappa shape index (κ2) is 5.70. The van der Waals surface area contributed by atoms with Crippen molar-refractivity contribution in [2.75, 3.05) is 6.61 Å². The normalized spacial score (nSPS) is 28.0. The number of fused-ring (bicyclic) bond motifs is 2. The first kappa shape index (κ1) is 15.6. The second-order valence-electron chi connectivity index (χ2n) is 5.90. The molecule has 1 aromatic rings. The average Bonchev–Trinajstić information content (AvgIpc) is 3.00. The molecule has 0 saturated heterocycles. The fourth-order valence-electron chi connectivity index (χ4n) is 3.59. The summed E-state index contributed by atoms with van der Waals surface area (Å²) in [4.78, 5) is -0.539. The Hall–Kier alpha value is -0.330. The Balaban J connectivity index is 1.73. The van der Waals surface area contributed by atoms with Gasteiger partial charge < -0.3 is 4.74 Å². The van der Waals surface area contributed by atoms with Crippen molar-refractivity contribution < 1.29 is 17.5 Å². The summed E-state index contributed by atoms with van der Waals surface area (Å²) in [6.07, 6.45) is 5.05. The van der Waals surface area contributed by atoms with Gasteiger partial charge in [0.1, 0.15) is 16.5 Å². The van der Waals surface area contributed by atoms with E-state index in [0.717, 1.165) is 24.0 Å². The molecule has 2 fully saturated rings. The Morgan fingerprint density at radius 3 is 2.67 bits per heavy atom. The average molecular weight is 398 g/mol. The predicted molar refractivity (Wildman–Crippen MR) is 81.6 cm³/mol. The number of ether oxygens (including phenoxy) is 1. The van der Waals surface area contributed by atoms with Gasteiger partial charge in [0.15, 0.2) is 0 Å². The summed E-state index contributed by atoms with van der Waals surface area (Å²) in [6, 6.07) is 2.22. The molecule has 2 saturated carbocycles. The van der Waals surface area contributed by atoms with Crippen LogP contribution < -0.4 is 4.74 Å². The lowest BCUT2D eigenvalue weighted by Crippen LogP contribution is -2.18. The Morgan fingerprint density at radius 1 is 1.33 bits per heavy atom. The van der Waals surface area contributed by atoms with E-state index in [9.17, 15) is 12.8 Å². The minimum atomic E-state index is -4.10. The van der Waals surface area contributed by atoms with Gasteiger partial charge >= 0.3 is 0 Å². The van der Waals surface area contributed by atoms with Gasteiger partial charge in [0.25, 0.3) is 9.05 Å². The van der Waals surface area contributed by atoms with E-state index in [1.165, 1.54) is 25.7 Å². The summed E-state index contributed by atoms with van der Waals surface area (Å²) in [5.41, 5.74) is 0. The zero-order chi connectivity index (χ0) is 15.2. The molecule has 3 rings (SSSR count). The lowest BCUT2D eigenvalue weighted by atomic mass is 9.89. The van der Waals surface area contributed by atoms with Gasteiger partial charge in [0.2, 0.25) is 0 Å². The molecule has 0 radical (unpaired) electrons. The van der Waals surface area contributed by atoms with E-state index in [1.807, 2.05) is 0 Å². The van der Waals surface area contributed by atoms with E-state index in [0.29, 0.717) is 22.7 Å². The monoisotopic (exact) mass is 396 g/mol. The summed E-state index contributed by atoms with van der Waals surface area (Å²) in [7, 11) is 1.08. The molecule has 3 nitrogen and oxygen atoms in total. The Kier molecular flexibility index (Phi) is 4.23. The molecule has 0 heterocycles. The minimum absolute atomic E-state index is 0.319. The van der Waals surface area contributed by atoms with Gasteiger partial charge in [-0.15, -0.1) is 0 Å². The number of rotatable bonds is 4. The standard InChI is InChI=1S/C14H15BrClFO3S/c15-11-5-14(21(16,18)19)12(17)6-13(11)20-7-10-4-8-1-2-9(10)3-8/h5-6,8-10H,1-4,7H2. The van der Waals surface area contributed by atoms with Gasteiger partial charge in [0.05, 0.1) is 11.1 Å². The van der Waals surface area contributed by atoms with Crippen LogP contribution >= 0.6 is 26.6 Å². The lowest BCUT2D eigenvalue weighted by molar-refractivity contribution is 0.193. The van der Waals surface area contributed by atoms with Crippen molar-refractivity contribution in [2.24, 2.45) is 17.8 Å². The quantitative estimate of drug-likeness (QED) is 0.710. The lowest BCUT2D eigenvalue weighted by Gasteiger charge is -2.22. The first-order chi connectivity index (χ1) is 9.84. The Morgan fingerprint density at radius 2 is 2.10 bits per heavy atom. The third kappa shape index (κ3) is 3.22. The summed E-state index contributed by atoms with van der Waals surface area (Å²) in [5.74, 6) is 1.50. The molecule has 1 aromatic carbocycles. The van der Waals surface area contributed by atoms with E-state index >= 15 is 0 Å². The highest BCUT2D eigenvalue weighted by Crippen LogP contribution is 2.48. The summed E-state index contributed by atoms with van der Waals surface area (Å²) >= 11 is 3.21. The molecular formula is C14H15BrClFO3S. The van der Waals surface area contributed by atoms with Gasteiger partial charge in [-0.1, -0.05) is 6.42 Å². The fraction of sp³-hybridized carbons (Fsp3) is 0.571. The van der Waals surface area contributed by atoms with Crippen LogP contribution in [0.4, 0.5) is 4.39 Å². The van der Waals surface area contributed by atoms with Crippen molar-refractivity contribution in [3.8, 4) is 5.75 Å². The highest BCUT2D eigenvalue weighted by atomic mass is 79.9. The minimum Gasteiger partial charge on any atom is -0.492 e. The van der Waals surface area contributed by atoms with Crippen molar-refractivity contribution in [3.05, 3.63) is 22.4 Å². The van der Waals surface area contributed by atoms with E-state index in [4.69, 9.17) is 15.4 Å². The number of hydrogen-bond acceptors (Lipinski definition) is 3. The summed E-state index contributed by atoms with van der Waals surface area (Å²) in [5, 5.41) is 0. The first-order valence-corrected chi connectivity index (χ1v) is 10.0. The molecule has 0 N–H and O–H groups in total. The van der Waals surface area contributed by atoms with Crippen LogP contribution in [0, 0.1) is 23.6 Å². The molecule has 21 heavy (non-hydrogen) atoms. The van der Waals surface area contributed by atoms with Crippen molar-refractivity contribution in [1.29, 1.82) is 0 Å². The fourth-order valence-corrected chi connectivity index (χ4v) is 5.10. The van der Waals surface area contributed by atoms with Crippen LogP contribution in [-0.4, -0.2) is 15.0 Å². The van der Waals surface area contributed by atoms with Crippen LogP contribution in [0.2, 0.25) is 0 Å². The van der Waals surface area contributed by atoms with Gasteiger partial charge in [-0.2, -0.15) is 0 Å². The molecule has 0 aliphatic heterocycles. The van der Waals surface area contributed by atoms with Crippen molar-refractivity contribution >= 4 is 35.7 Å². The van der Waals surface area contributed by atoms with Crippen molar-refractivity contribution in [3.63, 3.8) is 0 Å². The van der Waals surface area contributed by atoms with Crippen LogP contribution in [0.5, 0.6) is 5.75 Å². The molecule has 2 aliphatic rings.